The highest BCUT2D eigenvalue weighted by Gasteiger charge is 2.54. The molecule has 118 heavy (non-hydrogen) atoms. The number of nitrogens with one attached hydrogen (secondary N) is 1. The number of hydrogen-bond acceptors (Lipinski definition) is 18. The Morgan fingerprint density at radius 3 is 0.915 bits per heavy atom. The van der Waals surface area contributed by atoms with Gasteiger partial charge in [-0.15, -0.1) is 0 Å². The second kappa shape index (κ2) is 78.0. The van der Waals surface area contributed by atoms with Gasteiger partial charge >= 0.3 is 0 Å². The normalized spacial score (nSPS) is 24.5. The minimum Gasteiger partial charge on any atom is -0.394 e. The van der Waals surface area contributed by atoms with Gasteiger partial charge in [0.1, 0.15) is 73.2 Å². The lowest BCUT2D eigenvalue weighted by Gasteiger charge is -2.48. The maximum Gasteiger partial charge on any atom is 0.220 e. The number of hydrogen-bond donors (Lipinski definition) is 12. The van der Waals surface area contributed by atoms with Gasteiger partial charge in [-0.25, -0.2) is 0 Å². The minimum absolute atomic E-state index is 0.233. The van der Waals surface area contributed by atoms with Crippen molar-refractivity contribution in [2.24, 2.45) is 0 Å². The zero-order valence-electron chi connectivity index (χ0n) is 75.2. The second-order valence-corrected chi connectivity index (χ2v) is 35.2. The van der Waals surface area contributed by atoms with E-state index in [1.807, 2.05) is 0 Å². The van der Waals surface area contributed by atoms with Crippen LogP contribution in [0.2, 0.25) is 0 Å². The number of allylic oxidation sites excluding steroid dienone is 10. The quantitative estimate of drug-likeness (QED) is 0.0199. The molecular weight excluding hydrogens is 1490 g/mol. The van der Waals surface area contributed by atoms with Crippen LogP contribution in [0.25, 0.3) is 0 Å². The van der Waals surface area contributed by atoms with Crippen LogP contribution in [0.15, 0.2) is 60.8 Å². The van der Waals surface area contributed by atoms with E-state index in [0.717, 1.165) is 77.0 Å². The molecule has 0 radical (unpaired) electrons. The molecule has 0 spiro atoms. The van der Waals surface area contributed by atoms with Crippen molar-refractivity contribution in [3.05, 3.63) is 60.8 Å². The van der Waals surface area contributed by atoms with Crippen molar-refractivity contribution < 1.29 is 89.4 Å². The average Bonchev–Trinajstić information content (AvgIpc) is 0.777. The first kappa shape index (κ1) is 110. The van der Waals surface area contributed by atoms with E-state index in [1.54, 1.807) is 0 Å². The van der Waals surface area contributed by atoms with Crippen LogP contribution in [0.3, 0.4) is 0 Å². The van der Waals surface area contributed by atoms with Gasteiger partial charge in [0.2, 0.25) is 5.91 Å². The first-order valence-electron chi connectivity index (χ1n) is 49.5. The van der Waals surface area contributed by atoms with Crippen molar-refractivity contribution in [3.63, 3.8) is 0 Å². The van der Waals surface area contributed by atoms with Gasteiger partial charge < -0.3 is 89.9 Å². The topological polar surface area (TPSA) is 307 Å². The molecule has 3 fully saturated rings. The molecule has 3 aliphatic rings. The summed E-state index contributed by atoms with van der Waals surface area (Å²) in [5, 5.41) is 122. The summed E-state index contributed by atoms with van der Waals surface area (Å²) in [5.74, 6) is -0.233. The molecule has 17 unspecified atom stereocenters. The Bertz CT molecular complexity index is 2360. The van der Waals surface area contributed by atoms with E-state index in [0.29, 0.717) is 12.8 Å². The van der Waals surface area contributed by atoms with E-state index in [4.69, 9.17) is 28.4 Å². The van der Waals surface area contributed by atoms with Gasteiger partial charge in [-0.1, -0.05) is 428 Å². The Morgan fingerprint density at radius 1 is 0.314 bits per heavy atom. The fourth-order valence-electron chi connectivity index (χ4n) is 16.8. The maximum absolute atomic E-state index is 13.6. The van der Waals surface area contributed by atoms with Crippen molar-refractivity contribution in [2.75, 3.05) is 26.4 Å². The number of aliphatic hydroxyl groups is 11. The van der Waals surface area contributed by atoms with E-state index in [9.17, 15) is 61.0 Å². The van der Waals surface area contributed by atoms with Crippen LogP contribution in [-0.2, 0) is 33.2 Å². The summed E-state index contributed by atoms with van der Waals surface area (Å²) in [6.07, 6.45) is 77.9. The summed E-state index contributed by atoms with van der Waals surface area (Å²) in [6, 6.07) is -0.889. The molecule has 3 aliphatic heterocycles. The van der Waals surface area contributed by atoms with Crippen molar-refractivity contribution >= 4 is 5.91 Å². The molecule has 0 saturated carbocycles. The van der Waals surface area contributed by atoms with Gasteiger partial charge in [-0.05, 0) is 57.8 Å². The Labute approximate surface area is 719 Å². The van der Waals surface area contributed by atoms with E-state index in [1.165, 1.54) is 321 Å². The number of rotatable bonds is 82. The standard InChI is InChI=1S/C99H183NO18/c1-3-5-7-9-11-13-15-17-19-21-23-25-27-29-31-33-35-37-38-39-40-41-42-43-44-45-47-49-51-53-55-57-59-61-63-65-67-69-71-73-75-77-87(105)100-82(83(104)76-74-72-70-68-66-64-62-60-58-56-54-52-50-48-46-36-34-32-30-28-26-24-22-20-18-16-14-12-10-8-6-4-2)81-113-97-93(111)90(108)95(85(79-102)115-97)118-99-94(112)91(109)96(86(80-103)116-99)117-98-92(110)89(107)88(106)84(78-101)114-98/h5,7,11,13,17,19,23,25,29,31,82-86,88-99,101-104,106-112H,3-4,6,8-10,12,14-16,18,20-22,24,26-28,30,32-81H2,1-2H3,(H,100,105)/b7-5-,13-11-,19-17-,25-23-,31-29-. The molecule has 0 bridgehead atoms. The molecule has 0 aliphatic carbocycles. The monoisotopic (exact) mass is 1670 g/mol. The molecule has 12 N–H and O–H groups in total. The molecular formula is C99H183NO18. The third-order valence-electron chi connectivity index (χ3n) is 24.6. The van der Waals surface area contributed by atoms with E-state index in [-0.39, 0.29) is 18.9 Å². The lowest BCUT2D eigenvalue weighted by molar-refractivity contribution is -0.379. The third kappa shape index (κ3) is 55.1. The Hall–Kier alpha value is -2.51. The molecule has 3 heterocycles. The lowest BCUT2D eigenvalue weighted by Crippen LogP contribution is -2.66. The number of unbranched alkanes of at least 4 members (excludes halogenated alkanes) is 56. The van der Waals surface area contributed by atoms with E-state index < -0.39 is 124 Å². The van der Waals surface area contributed by atoms with Gasteiger partial charge in [0.05, 0.1) is 38.6 Å². The fraction of sp³-hybridized carbons (Fsp3) is 0.889. The van der Waals surface area contributed by atoms with Crippen LogP contribution in [0.1, 0.15) is 431 Å². The molecule has 0 aromatic rings. The van der Waals surface area contributed by atoms with Crippen LogP contribution in [0.4, 0.5) is 0 Å². The zero-order valence-corrected chi connectivity index (χ0v) is 75.2. The molecule has 3 saturated heterocycles. The summed E-state index contributed by atoms with van der Waals surface area (Å²) in [7, 11) is 0. The summed E-state index contributed by atoms with van der Waals surface area (Å²) in [5.41, 5.74) is 0. The summed E-state index contributed by atoms with van der Waals surface area (Å²) in [4.78, 5) is 13.6. The summed E-state index contributed by atoms with van der Waals surface area (Å²) in [6.45, 7) is 1.76. The summed E-state index contributed by atoms with van der Waals surface area (Å²) < 4.78 is 34.7. The predicted molar refractivity (Wildman–Crippen MR) is 480 cm³/mol. The van der Waals surface area contributed by atoms with Crippen molar-refractivity contribution in [2.45, 2.75) is 535 Å². The Kier molecular flexibility index (Phi) is 72.5. The largest absolute Gasteiger partial charge is 0.394 e. The van der Waals surface area contributed by atoms with Crippen LogP contribution in [-0.4, -0.2) is 193 Å². The molecule has 0 aromatic heterocycles. The second-order valence-electron chi connectivity index (χ2n) is 35.2. The Balaban J connectivity index is 1.27. The molecule has 1 amide bonds. The third-order valence-corrected chi connectivity index (χ3v) is 24.6. The van der Waals surface area contributed by atoms with Gasteiger partial charge in [0, 0.05) is 6.42 Å². The smallest absolute Gasteiger partial charge is 0.220 e. The highest BCUT2D eigenvalue weighted by molar-refractivity contribution is 5.76. The van der Waals surface area contributed by atoms with Gasteiger partial charge in [0.15, 0.2) is 18.9 Å². The first-order chi connectivity index (χ1) is 57.8. The van der Waals surface area contributed by atoms with Crippen molar-refractivity contribution in [1.29, 1.82) is 0 Å². The summed E-state index contributed by atoms with van der Waals surface area (Å²) >= 11 is 0. The molecule has 3 rings (SSSR count). The molecule has 19 heteroatoms. The lowest BCUT2D eigenvalue weighted by atomic mass is 9.96. The number of carbonyl (C=O) groups excluding carboxylic acids is 1. The number of ether oxygens (including phenoxy) is 6. The first-order valence-corrected chi connectivity index (χ1v) is 49.5. The molecule has 19 nitrogen and oxygen atoms in total. The minimum atomic E-state index is -1.97. The molecule has 17 atom stereocenters. The van der Waals surface area contributed by atoms with Crippen LogP contribution < -0.4 is 5.32 Å². The van der Waals surface area contributed by atoms with Crippen LogP contribution in [0.5, 0.6) is 0 Å². The molecule has 0 aromatic carbocycles. The van der Waals surface area contributed by atoms with Crippen molar-refractivity contribution in [3.8, 4) is 0 Å². The Morgan fingerprint density at radius 2 is 0.585 bits per heavy atom. The van der Waals surface area contributed by atoms with Crippen LogP contribution >= 0.6 is 0 Å². The van der Waals surface area contributed by atoms with Crippen LogP contribution in [0, 0.1) is 0 Å². The fourth-order valence-corrected chi connectivity index (χ4v) is 16.8. The van der Waals surface area contributed by atoms with Gasteiger partial charge in [0.25, 0.3) is 0 Å². The zero-order chi connectivity index (χ0) is 85.2. The van der Waals surface area contributed by atoms with Gasteiger partial charge in [-0.2, -0.15) is 0 Å². The highest BCUT2D eigenvalue weighted by Crippen LogP contribution is 2.34. The number of amides is 1. The van der Waals surface area contributed by atoms with Gasteiger partial charge in [-0.3, -0.25) is 4.79 Å². The number of carbonyl (C=O) groups is 1. The van der Waals surface area contributed by atoms with Crippen molar-refractivity contribution in [1.82, 2.24) is 5.32 Å². The predicted octanol–water partition coefficient (Wildman–Crippen LogP) is 20.5. The SMILES string of the molecule is CC/C=C\C/C=C\C/C=C\C/C=C\C/C=C\CCCCCCCCCCCCCCCCCCCCCCCCCCCC(=O)NC(COC1OC(CO)C(OC2OC(CO)C(OC3OC(CO)C(O)C(O)C3O)C(O)C2O)C(O)C1O)C(O)CCCCCCCCCCCCCCCCCCCCCCCCCCCCCCCCCC. The maximum atomic E-state index is 13.6. The highest BCUT2D eigenvalue weighted by atomic mass is 16.8. The molecule has 692 valence electrons. The van der Waals surface area contributed by atoms with E-state index >= 15 is 0 Å². The van der Waals surface area contributed by atoms with E-state index in [2.05, 4.69) is 79.9 Å². The average molecular weight is 1680 g/mol. The number of aliphatic hydroxyl groups excluding tert-OH is 11.